The van der Waals surface area contributed by atoms with Gasteiger partial charge >= 0.3 is 0 Å². The van der Waals surface area contributed by atoms with Crippen molar-refractivity contribution in [3.63, 3.8) is 0 Å². The van der Waals surface area contributed by atoms with Crippen molar-refractivity contribution >= 4 is 17.3 Å². The molecule has 0 bridgehead atoms. The summed E-state index contributed by atoms with van der Waals surface area (Å²) in [4.78, 5) is 25.5. The first kappa shape index (κ1) is 17.7. The molecule has 0 spiro atoms. The van der Waals surface area contributed by atoms with Gasteiger partial charge in [0.1, 0.15) is 5.69 Å². The van der Waals surface area contributed by atoms with E-state index in [2.05, 4.69) is 17.1 Å². The molecule has 0 aliphatic carbocycles. The zero-order valence-electron chi connectivity index (χ0n) is 14.6. The van der Waals surface area contributed by atoms with Crippen molar-refractivity contribution in [3.05, 3.63) is 33.9 Å². The van der Waals surface area contributed by atoms with Crippen LogP contribution in [0.2, 0.25) is 0 Å². The van der Waals surface area contributed by atoms with Crippen LogP contribution in [0.3, 0.4) is 0 Å². The van der Waals surface area contributed by atoms with Crippen LogP contribution in [0, 0.1) is 16.0 Å². The number of piperidine rings is 1. The Labute approximate surface area is 147 Å². The van der Waals surface area contributed by atoms with Gasteiger partial charge in [-0.15, -0.1) is 0 Å². The fourth-order valence-corrected chi connectivity index (χ4v) is 3.60. The van der Waals surface area contributed by atoms with Crippen molar-refractivity contribution in [1.82, 2.24) is 5.32 Å². The molecule has 3 rings (SSSR count). The molecule has 136 valence electrons. The number of carbonyl (C=O) groups is 1. The molecule has 25 heavy (non-hydrogen) atoms. The van der Waals surface area contributed by atoms with Gasteiger partial charge in [0.25, 0.3) is 11.6 Å². The van der Waals surface area contributed by atoms with E-state index >= 15 is 0 Å². The summed E-state index contributed by atoms with van der Waals surface area (Å²) in [6.45, 7) is 4.96. The normalized spacial score (nSPS) is 23.5. The molecule has 1 N–H and O–H groups in total. The fourth-order valence-electron chi connectivity index (χ4n) is 3.60. The Balaban J connectivity index is 1.73. The SMILES string of the molecule is CC1CCCN(c2ccc(C(=O)NCC3CCCO3)cc2[N+](=O)[O-])C1. The Morgan fingerprint density at radius 2 is 2.24 bits per heavy atom. The molecule has 2 atom stereocenters. The minimum atomic E-state index is -0.397. The molecule has 0 aromatic heterocycles. The Morgan fingerprint density at radius 1 is 1.40 bits per heavy atom. The smallest absolute Gasteiger partial charge is 0.293 e. The van der Waals surface area contributed by atoms with Crippen molar-refractivity contribution < 1.29 is 14.5 Å². The molecule has 2 aliphatic rings. The number of nitro benzene ring substituents is 1. The quantitative estimate of drug-likeness (QED) is 0.654. The number of hydrogen-bond acceptors (Lipinski definition) is 5. The third-order valence-electron chi connectivity index (χ3n) is 4.95. The predicted octanol–water partition coefficient (Wildman–Crippen LogP) is 2.74. The first-order chi connectivity index (χ1) is 12.0. The second-order valence-electron chi connectivity index (χ2n) is 7.00. The number of nitrogens with one attached hydrogen (secondary N) is 1. The van der Waals surface area contributed by atoms with E-state index in [0.717, 1.165) is 45.4 Å². The Hall–Kier alpha value is -2.15. The summed E-state index contributed by atoms with van der Waals surface area (Å²) in [6, 6.07) is 4.77. The van der Waals surface area contributed by atoms with Crippen LogP contribution in [0.5, 0.6) is 0 Å². The molecule has 1 aromatic rings. The number of anilines is 1. The van der Waals surface area contributed by atoms with E-state index in [0.29, 0.717) is 23.7 Å². The van der Waals surface area contributed by atoms with Crippen molar-refractivity contribution in [2.45, 2.75) is 38.7 Å². The highest BCUT2D eigenvalue weighted by Gasteiger charge is 2.25. The molecular weight excluding hydrogens is 322 g/mol. The van der Waals surface area contributed by atoms with E-state index in [9.17, 15) is 14.9 Å². The summed E-state index contributed by atoms with van der Waals surface area (Å²) in [5.41, 5.74) is 0.921. The first-order valence-electron chi connectivity index (χ1n) is 8.98. The fraction of sp³-hybridized carbons (Fsp3) is 0.611. The second-order valence-corrected chi connectivity index (χ2v) is 7.00. The molecule has 2 heterocycles. The minimum absolute atomic E-state index is 0.00105. The van der Waals surface area contributed by atoms with Crippen molar-refractivity contribution in [1.29, 1.82) is 0 Å². The largest absolute Gasteiger partial charge is 0.376 e. The van der Waals surface area contributed by atoms with Crippen LogP contribution in [0.1, 0.15) is 43.0 Å². The Bertz CT molecular complexity index is 643. The van der Waals surface area contributed by atoms with E-state index in [1.165, 1.54) is 6.07 Å². The number of ether oxygens (including phenoxy) is 1. The summed E-state index contributed by atoms with van der Waals surface area (Å²) >= 11 is 0. The topological polar surface area (TPSA) is 84.7 Å². The van der Waals surface area contributed by atoms with Crippen LogP contribution >= 0.6 is 0 Å². The minimum Gasteiger partial charge on any atom is -0.376 e. The molecule has 0 radical (unpaired) electrons. The molecular formula is C18H25N3O4. The summed E-state index contributed by atoms with van der Waals surface area (Å²) in [7, 11) is 0. The average Bonchev–Trinajstić information content (AvgIpc) is 3.12. The van der Waals surface area contributed by atoms with Crippen LogP contribution in [0.25, 0.3) is 0 Å². The van der Waals surface area contributed by atoms with E-state index in [-0.39, 0.29) is 17.7 Å². The number of hydrogen-bond donors (Lipinski definition) is 1. The van der Waals surface area contributed by atoms with E-state index in [1.807, 2.05) is 0 Å². The average molecular weight is 347 g/mol. The molecule has 7 heteroatoms. The highest BCUT2D eigenvalue weighted by molar-refractivity contribution is 5.95. The number of benzene rings is 1. The molecule has 2 fully saturated rings. The van der Waals surface area contributed by atoms with Gasteiger partial charge < -0.3 is 15.0 Å². The van der Waals surface area contributed by atoms with E-state index < -0.39 is 4.92 Å². The highest BCUT2D eigenvalue weighted by atomic mass is 16.6. The highest BCUT2D eigenvalue weighted by Crippen LogP contribution is 2.32. The lowest BCUT2D eigenvalue weighted by molar-refractivity contribution is -0.384. The Kier molecular flexibility index (Phi) is 5.53. The molecule has 2 saturated heterocycles. The summed E-state index contributed by atoms with van der Waals surface area (Å²) in [5, 5.41) is 14.3. The number of amides is 1. The molecule has 2 unspecified atom stereocenters. The molecule has 7 nitrogen and oxygen atoms in total. The predicted molar refractivity (Wildman–Crippen MR) is 95.0 cm³/mol. The van der Waals surface area contributed by atoms with Crippen LogP contribution in [-0.4, -0.2) is 43.2 Å². The first-order valence-corrected chi connectivity index (χ1v) is 8.98. The number of carbonyl (C=O) groups excluding carboxylic acids is 1. The van der Waals surface area contributed by atoms with Crippen LogP contribution in [-0.2, 0) is 4.74 Å². The van der Waals surface area contributed by atoms with Gasteiger partial charge in [-0.2, -0.15) is 0 Å². The van der Waals surface area contributed by atoms with Gasteiger partial charge in [0.2, 0.25) is 0 Å². The second kappa shape index (κ2) is 7.82. The lowest BCUT2D eigenvalue weighted by Crippen LogP contribution is -2.35. The maximum absolute atomic E-state index is 12.3. The lowest BCUT2D eigenvalue weighted by atomic mass is 9.99. The van der Waals surface area contributed by atoms with Crippen LogP contribution in [0.15, 0.2) is 18.2 Å². The molecule has 0 saturated carbocycles. The maximum atomic E-state index is 12.3. The standard InChI is InChI=1S/C18H25N3O4/c1-13-4-2-8-20(12-13)16-7-6-14(10-17(16)21(23)24)18(22)19-11-15-5-3-9-25-15/h6-7,10,13,15H,2-5,8-9,11-12H2,1H3,(H,19,22). The Morgan fingerprint density at radius 3 is 2.92 bits per heavy atom. The van der Waals surface area contributed by atoms with Crippen molar-refractivity contribution in [2.24, 2.45) is 5.92 Å². The number of nitrogens with zero attached hydrogens (tertiary/aromatic N) is 2. The van der Waals surface area contributed by atoms with Gasteiger partial charge in [-0.25, -0.2) is 0 Å². The summed E-state index contributed by atoms with van der Waals surface area (Å²) in [5.74, 6) is 0.222. The lowest BCUT2D eigenvalue weighted by Gasteiger charge is -2.32. The van der Waals surface area contributed by atoms with Crippen molar-refractivity contribution in [2.75, 3.05) is 31.1 Å². The van der Waals surface area contributed by atoms with Gasteiger partial charge in [-0.3, -0.25) is 14.9 Å². The van der Waals surface area contributed by atoms with E-state index in [1.54, 1.807) is 12.1 Å². The summed E-state index contributed by atoms with van der Waals surface area (Å²) < 4.78 is 5.48. The van der Waals surface area contributed by atoms with Gasteiger partial charge in [0.05, 0.1) is 11.0 Å². The van der Waals surface area contributed by atoms with Crippen LogP contribution in [0.4, 0.5) is 11.4 Å². The van der Waals surface area contributed by atoms with Gasteiger partial charge in [-0.1, -0.05) is 6.92 Å². The monoisotopic (exact) mass is 347 g/mol. The van der Waals surface area contributed by atoms with Gasteiger partial charge in [0, 0.05) is 37.9 Å². The van der Waals surface area contributed by atoms with Gasteiger partial charge in [0.15, 0.2) is 0 Å². The molecule has 2 aliphatic heterocycles. The zero-order valence-corrected chi connectivity index (χ0v) is 14.6. The molecule has 1 amide bonds. The van der Waals surface area contributed by atoms with Gasteiger partial charge in [-0.05, 0) is 43.7 Å². The summed E-state index contributed by atoms with van der Waals surface area (Å²) in [6.07, 6.45) is 4.17. The van der Waals surface area contributed by atoms with Crippen LogP contribution < -0.4 is 10.2 Å². The van der Waals surface area contributed by atoms with E-state index in [4.69, 9.17) is 4.74 Å². The maximum Gasteiger partial charge on any atom is 0.293 e. The third kappa shape index (κ3) is 4.28. The molecule has 1 aromatic carbocycles. The zero-order chi connectivity index (χ0) is 17.8. The number of nitro groups is 1. The third-order valence-corrected chi connectivity index (χ3v) is 4.95. The number of rotatable bonds is 5. The van der Waals surface area contributed by atoms with Crippen molar-refractivity contribution in [3.8, 4) is 0 Å².